The molecule has 82 valence electrons. The SMILES string of the molecule is Cc1cc(N)nn1CC1CCN(C)C1=O. The van der Waals surface area contributed by atoms with Gasteiger partial charge in [-0.05, 0) is 13.3 Å². The molecule has 0 radical (unpaired) electrons. The van der Waals surface area contributed by atoms with Crippen molar-refractivity contribution in [3.05, 3.63) is 11.8 Å². The van der Waals surface area contributed by atoms with Crippen molar-refractivity contribution in [3.8, 4) is 0 Å². The lowest BCUT2D eigenvalue weighted by atomic mass is 10.1. The Labute approximate surface area is 88.8 Å². The predicted molar refractivity (Wildman–Crippen MR) is 57.1 cm³/mol. The summed E-state index contributed by atoms with van der Waals surface area (Å²) >= 11 is 0. The van der Waals surface area contributed by atoms with E-state index in [9.17, 15) is 4.79 Å². The normalized spacial score (nSPS) is 21.3. The van der Waals surface area contributed by atoms with E-state index >= 15 is 0 Å². The summed E-state index contributed by atoms with van der Waals surface area (Å²) in [5, 5.41) is 4.16. The van der Waals surface area contributed by atoms with Gasteiger partial charge in [-0.25, -0.2) is 0 Å². The van der Waals surface area contributed by atoms with Crippen LogP contribution >= 0.6 is 0 Å². The molecule has 5 nitrogen and oxygen atoms in total. The number of amides is 1. The molecule has 5 heteroatoms. The van der Waals surface area contributed by atoms with E-state index in [0.717, 1.165) is 18.7 Å². The Morgan fingerprint density at radius 3 is 2.87 bits per heavy atom. The number of carbonyl (C=O) groups excluding carboxylic acids is 1. The second-order valence-electron chi connectivity index (χ2n) is 4.14. The molecule has 0 bridgehead atoms. The van der Waals surface area contributed by atoms with Crippen LogP contribution in [0.15, 0.2) is 6.07 Å². The number of nitrogen functional groups attached to an aromatic ring is 1. The van der Waals surface area contributed by atoms with Gasteiger partial charge < -0.3 is 10.6 Å². The van der Waals surface area contributed by atoms with Crippen molar-refractivity contribution in [2.24, 2.45) is 5.92 Å². The predicted octanol–water partition coefficient (Wildman–Crippen LogP) is 0.252. The average Bonchev–Trinajstić information content (AvgIpc) is 2.64. The van der Waals surface area contributed by atoms with Crippen molar-refractivity contribution in [2.45, 2.75) is 19.9 Å². The molecule has 1 fully saturated rings. The van der Waals surface area contributed by atoms with Gasteiger partial charge in [0, 0.05) is 25.4 Å². The molecule has 1 unspecified atom stereocenters. The fourth-order valence-electron chi connectivity index (χ4n) is 1.99. The van der Waals surface area contributed by atoms with E-state index in [2.05, 4.69) is 5.10 Å². The van der Waals surface area contributed by atoms with Crippen molar-refractivity contribution in [2.75, 3.05) is 19.3 Å². The van der Waals surface area contributed by atoms with Crippen molar-refractivity contribution < 1.29 is 4.79 Å². The van der Waals surface area contributed by atoms with Crippen LogP contribution in [0, 0.1) is 12.8 Å². The van der Waals surface area contributed by atoms with E-state index in [-0.39, 0.29) is 11.8 Å². The first kappa shape index (κ1) is 10.0. The lowest BCUT2D eigenvalue weighted by molar-refractivity contribution is -0.130. The summed E-state index contributed by atoms with van der Waals surface area (Å²) in [6.45, 7) is 3.44. The standard InChI is InChI=1S/C10H16N4O/c1-7-5-9(11)12-14(7)6-8-3-4-13(2)10(8)15/h5,8H,3-4,6H2,1-2H3,(H2,11,12). The molecular weight excluding hydrogens is 192 g/mol. The molecule has 1 aromatic rings. The number of aromatic nitrogens is 2. The van der Waals surface area contributed by atoms with Crippen molar-refractivity contribution in [1.29, 1.82) is 0 Å². The summed E-state index contributed by atoms with van der Waals surface area (Å²) in [5.74, 6) is 0.794. The minimum Gasteiger partial charge on any atom is -0.382 e. The van der Waals surface area contributed by atoms with E-state index in [0.29, 0.717) is 12.4 Å². The average molecular weight is 208 g/mol. The highest BCUT2D eigenvalue weighted by Gasteiger charge is 2.29. The first-order chi connectivity index (χ1) is 7.08. The Morgan fingerprint density at radius 2 is 2.40 bits per heavy atom. The number of nitrogens with zero attached hydrogens (tertiary/aromatic N) is 3. The Bertz CT molecular complexity index is 385. The summed E-state index contributed by atoms with van der Waals surface area (Å²) in [4.78, 5) is 13.5. The lowest BCUT2D eigenvalue weighted by Gasteiger charge is -2.11. The third-order valence-electron chi connectivity index (χ3n) is 2.93. The molecule has 0 spiro atoms. The molecule has 2 heterocycles. The van der Waals surface area contributed by atoms with Crippen molar-refractivity contribution in [3.63, 3.8) is 0 Å². The zero-order valence-corrected chi connectivity index (χ0v) is 9.10. The highest BCUT2D eigenvalue weighted by Crippen LogP contribution is 2.19. The maximum Gasteiger partial charge on any atom is 0.227 e. The maximum atomic E-state index is 11.7. The van der Waals surface area contributed by atoms with Gasteiger partial charge in [0.1, 0.15) is 5.82 Å². The Balaban J connectivity index is 2.09. The number of hydrogen-bond donors (Lipinski definition) is 1. The van der Waals surface area contributed by atoms with Crippen molar-refractivity contribution >= 4 is 11.7 Å². The van der Waals surface area contributed by atoms with Gasteiger partial charge in [0.25, 0.3) is 0 Å². The number of rotatable bonds is 2. The zero-order chi connectivity index (χ0) is 11.0. The van der Waals surface area contributed by atoms with Crippen LogP contribution < -0.4 is 5.73 Å². The van der Waals surface area contributed by atoms with Gasteiger partial charge in [0.2, 0.25) is 5.91 Å². The van der Waals surface area contributed by atoms with Gasteiger partial charge in [0.05, 0.1) is 12.5 Å². The molecule has 2 rings (SSSR count). The van der Waals surface area contributed by atoms with E-state index in [1.54, 1.807) is 4.90 Å². The van der Waals surface area contributed by atoms with Gasteiger partial charge in [-0.2, -0.15) is 5.10 Å². The first-order valence-electron chi connectivity index (χ1n) is 5.13. The van der Waals surface area contributed by atoms with Crippen LogP contribution in [0.25, 0.3) is 0 Å². The number of hydrogen-bond acceptors (Lipinski definition) is 3. The van der Waals surface area contributed by atoms with Gasteiger partial charge in [-0.15, -0.1) is 0 Å². The molecule has 15 heavy (non-hydrogen) atoms. The molecule has 1 saturated heterocycles. The quantitative estimate of drug-likeness (QED) is 0.757. The molecule has 0 aliphatic carbocycles. The Kier molecular flexibility index (Phi) is 2.38. The molecule has 0 aromatic carbocycles. The zero-order valence-electron chi connectivity index (χ0n) is 9.10. The van der Waals surface area contributed by atoms with Crippen LogP contribution in [0.4, 0.5) is 5.82 Å². The molecular formula is C10H16N4O. The van der Waals surface area contributed by atoms with Crippen LogP contribution in [-0.4, -0.2) is 34.2 Å². The summed E-state index contributed by atoms with van der Waals surface area (Å²) in [7, 11) is 1.84. The van der Waals surface area contributed by atoms with Crippen LogP contribution in [0.1, 0.15) is 12.1 Å². The fourth-order valence-corrected chi connectivity index (χ4v) is 1.99. The highest BCUT2D eigenvalue weighted by molar-refractivity contribution is 5.80. The highest BCUT2D eigenvalue weighted by atomic mass is 16.2. The Morgan fingerprint density at radius 1 is 1.67 bits per heavy atom. The van der Waals surface area contributed by atoms with Crippen LogP contribution in [0.5, 0.6) is 0 Å². The number of anilines is 1. The van der Waals surface area contributed by atoms with Crippen LogP contribution in [0.2, 0.25) is 0 Å². The van der Waals surface area contributed by atoms with Crippen molar-refractivity contribution in [1.82, 2.24) is 14.7 Å². The third-order valence-corrected chi connectivity index (χ3v) is 2.93. The van der Waals surface area contributed by atoms with Crippen LogP contribution in [-0.2, 0) is 11.3 Å². The number of nitrogens with two attached hydrogens (primary N) is 1. The molecule has 0 saturated carbocycles. The minimum absolute atomic E-state index is 0.0630. The van der Waals surface area contributed by atoms with Crippen LogP contribution in [0.3, 0.4) is 0 Å². The second-order valence-corrected chi connectivity index (χ2v) is 4.14. The molecule has 1 aliphatic heterocycles. The van der Waals surface area contributed by atoms with E-state index in [4.69, 9.17) is 5.73 Å². The fraction of sp³-hybridized carbons (Fsp3) is 0.600. The minimum atomic E-state index is 0.0630. The summed E-state index contributed by atoms with van der Waals surface area (Å²) < 4.78 is 1.82. The molecule has 1 aromatic heterocycles. The van der Waals surface area contributed by atoms with Gasteiger partial charge in [0.15, 0.2) is 0 Å². The molecule has 1 amide bonds. The summed E-state index contributed by atoms with van der Waals surface area (Å²) in [6.07, 6.45) is 0.911. The van der Waals surface area contributed by atoms with Gasteiger partial charge in [-0.1, -0.05) is 0 Å². The monoisotopic (exact) mass is 208 g/mol. The summed E-state index contributed by atoms with van der Waals surface area (Å²) in [6, 6.07) is 1.82. The second kappa shape index (κ2) is 3.56. The smallest absolute Gasteiger partial charge is 0.227 e. The summed E-state index contributed by atoms with van der Waals surface area (Å²) in [5.41, 5.74) is 6.60. The van der Waals surface area contributed by atoms with E-state index in [1.807, 2.05) is 24.7 Å². The number of carbonyl (C=O) groups is 1. The molecule has 2 N–H and O–H groups in total. The lowest BCUT2D eigenvalue weighted by Crippen LogP contribution is -2.25. The topological polar surface area (TPSA) is 64.2 Å². The molecule has 1 aliphatic rings. The van der Waals surface area contributed by atoms with Gasteiger partial charge >= 0.3 is 0 Å². The largest absolute Gasteiger partial charge is 0.382 e. The van der Waals surface area contributed by atoms with Gasteiger partial charge in [-0.3, -0.25) is 9.48 Å². The number of likely N-dealkylation sites (tertiary alicyclic amines) is 1. The van der Waals surface area contributed by atoms with E-state index in [1.165, 1.54) is 0 Å². The maximum absolute atomic E-state index is 11.7. The number of aryl methyl sites for hydroxylation is 1. The Hall–Kier alpha value is -1.52. The van der Waals surface area contributed by atoms with E-state index < -0.39 is 0 Å². The third kappa shape index (κ3) is 1.82. The first-order valence-corrected chi connectivity index (χ1v) is 5.13. The molecule has 1 atom stereocenters.